The second-order valence-electron chi connectivity index (χ2n) is 5.69. The summed E-state index contributed by atoms with van der Waals surface area (Å²) in [6.07, 6.45) is 4.25. The highest BCUT2D eigenvalue weighted by Crippen LogP contribution is 2.35. The van der Waals surface area contributed by atoms with Crippen LogP contribution in [0.2, 0.25) is 0 Å². The van der Waals surface area contributed by atoms with Crippen LogP contribution in [0.15, 0.2) is 18.2 Å². The highest BCUT2D eigenvalue weighted by Gasteiger charge is 2.21. The van der Waals surface area contributed by atoms with Crippen molar-refractivity contribution in [1.82, 2.24) is 0 Å². The Morgan fingerprint density at radius 3 is 2.63 bits per heavy atom. The predicted octanol–water partition coefficient (Wildman–Crippen LogP) is 3.68. The molecule has 1 fully saturated rings. The molecule has 0 aliphatic heterocycles. The van der Waals surface area contributed by atoms with Crippen LogP contribution in [0, 0.1) is 5.92 Å². The summed E-state index contributed by atoms with van der Waals surface area (Å²) < 4.78 is 5.77. The lowest BCUT2D eigenvalue weighted by Gasteiger charge is -2.34. The van der Waals surface area contributed by atoms with Gasteiger partial charge >= 0.3 is 0 Å². The fourth-order valence-corrected chi connectivity index (χ4v) is 2.55. The number of hydrogen-bond acceptors (Lipinski definition) is 3. The second-order valence-corrected chi connectivity index (χ2v) is 5.69. The first-order chi connectivity index (χ1) is 9.11. The van der Waals surface area contributed by atoms with E-state index in [-0.39, 0.29) is 6.10 Å². The Bertz CT molecular complexity index is 413. The molecule has 0 bridgehead atoms. The first-order valence-corrected chi connectivity index (χ1v) is 7.42. The third-order valence-electron chi connectivity index (χ3n) is 3.83. The first kappa shape index (κ1) is 14.0. The lowest BCUT2D eigenvalue weighted by Crippen LogP contribution is -2.33. The van der Waals surface area contributed by atoms with Gasteiger partial charge in [-0.15, -0.1) is 0 Å². The summed E-state index contributed by atoms with van der Waals surface area (Å²) in [5.41, 5.74) is 8.17. The SMILES string of the molecule is CCN(CC1CCC1)c1cccc(OC(C)C)c1N. The number of hydrogen-bond donors (Lipinski definition) is 1. The van der Waals surface area contributed by atoms with E-state index in [1.54, 1.807) is 0 Å². The fourth-order valence-electron chi connectivity index (χ4n) is 2.55. The van der Waals surface area contributed by atoms with Crippen molar-refractivity contribution in [2.45, 2.75) is 46.1 Å². The molecule has 0 aromatic heterocycles. The summed E-state index contributed by atoms with van der Waals surface area (Å²) in [7, 11) is 0. The molecule has 0 radical (unpaired) electrons. The maximum absolute atomic E-state index is 6.28. The van der Waals surface area contributed by atoms with Crippen molar-refractivity contribution in [2.75, 3.05) is 23.7 Å². The second kappa shape index (κ2) is 6.18. The Hall–Kier alpha value is -1.38. The minimum atomic E-state index is 0.152. The summed E-state index contributed by atoms with van der Waals surface area (Å²) in [6, 6.07) is 6.09. The zero-order valence-electron chi connectivity index (χ0n) is 12.4. The van der Waals surface area contributed by atoms with Crippen molar-refractivity contribution in [3.8, 4) is 5.75 Å². The van der Waals surface area contributed by atoms with E-state index in [0.717, 1.165) is 36.1 Å². The maximum Gasteiger partial charge on any atom is 0.144 e. The Balaban J connectivity index is 2.16. The molecule has 0 spiro atoms. The molecule has 19 heavy (non-hydrogen) atoms. The fraction of sp³-hybridized carbons (Fsp3) is 0.625. The van der Waals surface area contributed by atoms with Crippen LogP contribution < -0.4 is 15.4 Å². The molecule has 106 valence electrons. The van der Waals surface area contributed by atoms with E-state index in [2.05, 4.69) is 17.9 Å². The van der Waals surface area contributed by atoms with Gasteiger partial charge in [-0.3, -0.25) is 0 Å². The smallest absolute Gasteiger partial charge is 0.144 e. The van der Waals surface area contributed by atoms with Gasteiger partial charge in [-0.05, 0) is 51.7 Å². The third-order valence-corrected chi connectivity index (χ3v) is 3.83. The summed E-state index contributed by atoms with van der Waals surface area (Å²) in [6.45, 7) is 8.35. The molecule has 2 rings (SSSR count). The first-order valence-electron chi connectivity index (χ1n) is 7.42. The van der Waals surface area contributed by atoms with E-state index in [0.29, 0.717) is 0 Å². The van der Waals surface area contributed by atoms with Crippen molar-refractivity contribution in [3.05, 3.63) is 18.2 Å². The molecule has 0 saturated heterocycles. The molecule has 2 N–H and O–H groups in total. The van der Waals surface area contributed by atoms with E-state index in [1.807, 2.05) is 26.0 Å². The molecular weight excluding hydrogens is 236 g/mol. The Labute approximate surface area is 116 Å². The molecular formula is C16H26N2O. The largest absolute Gasteiger partial charge is 0.489 e. The minimum absolute atomic E-state index is 0.152. The highest BCUT2D eigenvalue weighted by molar-refractivity contribution is 5.74. The quantitative estimate of drug-likeness (QED) is 0.795. The van der Waals surface area contributed by atoms with Crippen molar-refractivity contribution < 1.29 is 4.74 Å². The van der Waals surface area contributed by atoms with Gasteiger partial charge in [-0.1, -0.05) is 12.5 Å². The number of rotatable bonds is 6. The lowest BCUT2D eigenvalue weighted by atomic mass is 9.85. The van der Waals surface area contributed by atoms with Gasteiger partial charge in [-0.25, -0.2) is 0 Å². The number of ether oxygens (including phenoxy) is 1. The van der Waals surface area contributed by atoms with Gasteiger partial charge in [0.15, 0.2) is 0 Å². The molecule has 3 nitrogen and oxygen atoms in total. The topological polar surface area (TPSA) is 38.5 Å². The molecule has 1 aromatic carbocycles. The number of nitrogens with two attached hydrogens (primary N) is 1. The van der Waals surface area contributed by atoms with E-state index in [4.69, 9.17) is 10.5 Å². The molecule has 1 saturated carbocycles. The van der Waals surface area contributed by atoms with E-state index in [1.165, 1.54) is 19.3 Å². The number of nitrogen functional groups attached to an aromatic ring is 1. The van der Waals surface area contributed by atoms with Crippen molar-refractivity contribution in [2.24, 2.45) is 5.92 Å². The van der Waals surface area contributed by atoms with Crippen LogP contribution in [0.5, 0.6) is 5.75 Å². The minimum Gasteiger partial charge on any atom is -0.489 e. The summed E-state index contributed by atoms with van der Waals surface area (Å²) in [5.74, 6) is 1.65. The molecule has 0 unspecified atom stereocenters. The maximum atomic E-state index is 6.28. The van der Waals surface area contributed by atoms with Crippen molar-refractivity contribution in [3.63, 3.8) is 0 Å². The third kappa shape index (κ3) is 3.34. The van der Waals surface area contributed by atoms with E-state index in [9.17, 15) is 0 Å². The van der Waals surface area contributed by atoms with E-state index >= 15 is 0 Å². The molecule has 3 heteroatoms. The van der Waals surface area contributed by atoms with Gasteiger partial charge in [0.2, 0.25) is 0 Å². The predicted molar refractivity (Wildman–Crippen MR) is 81.8 cm³/mol. The molecule has 1 aliphatic carbocycles. The lowest BCUT2D eigenvalue weighted by molar-refractivity contribution is 0.244. The Morgan fingerprint density at radius 1 is 1.37 bits per heavy atom. The van der Waals surface area contributed by atoms with Gasteiger partial charge in [-0.2, -0.15) is 0 Å². The van der Waals surface area contributed by atoms with Crippen LogP contribution in [0.1, 0.15) is 40.0 Å². The van der Waals surface area contributed by atoms with E-state index < -0.39 is 0 Å². The van der Waals surface area contributed by atoms with Gasteiger partial charge in [0.25, 0.3) is 0 Å². The molecule has 0 heterocycles. The molecule has 0 amide bonds. The van der Waals surface area contributed by atoms with Crippen LogP contribution in [0.4, 0.5) is 11.4 Å². The average molecular weight is 262 g/mol. The Morgan fingerprint density at radius 2 is 2.11 bits per heavy atom. The molecule has 1 aromatic rings. The number of anilines is 2. The number of para-hydroxylation sites is 1. The molecule has 1 aliphatic rings. The van der Waals surface area contributed by atoms with Crippen LogP contribution >= 0.6 is 0 Å². The van der Waals surface area contributed by atoms with Crippen molar-refractivity contribution in [1.29, 1.82) is 0 Å². The van der Waals surface area contributed by atoms with Gasteiger partial charge in [0.05, 0.1) is 17.5 Å². The summed E-state index contributed by atoms with van der Waals surface area (Å²) in [4.78, 5) is 2.38. The van der Waals surface area contributed by atoms with Crippen LogP contribution in [0.25, 0.3) is 0 Å². The number of nitrogens with zero attached hydrogens (tertiary/aromatic N) is 1. The molecule has 0 atom stereocenters. The van der Waals surface area contributed by atoms with Crippen LogP contribution in [0.3, 0.4) is 0 Å². The number of benzene rings is 1. The summed E-state index contributed by atoms with van der Waals surface area (Å²) >= 11 is 0. The monoisotopic (exact) mass is 262 g/mol. The zero-order chi connectivity index (χ0) is 13.8. The van der Waals surface area contributed by atoms with Gasteiger partial charge in [0, 0.05) is 13.1 Å². The van der Waals surface area contributed by atoms with Crippen molar-refractivity contribution >= 4 is 11.4 Å². The van der Waals surface area contributed by atoms with Crippen LogP contribution in [-0.4, -0.2) is 19.2 Å². The zero-order valence-corrected chi connectivity index (χ0v) is 12.4. The van der Waals surface area contributed by atoms with Gasteiger partial charge in [0.1, 0.15) is 5.75 Å². The standard InChI is InChI=1S/C16H26N2O/c1-4-18(11-13-7-5-8-13)14-9-6-10-15(16(14)17)19-12(2)3/h6,9-10,12-13H,4-5,7-8,11,17H2,1-3H3. The van der Waals surface area contributed by atoms with Gasteiger partial charge < -0.3 is 15.4 Å². The normalized spacial score (nSPS) is 15.4. The Kier molecular flexibility index (Phi) is 4.56. The average Bonchev–Trinajstić information content (AvgIpc) is 2.31. The van der Waals surface area contributed by atoms with Crippen LogP contribution in [-0.2, 0) is 0 Å². The summed E-state index contributed by atoms with van der Waals surface area (Å²) in [5, 5.41) is 0. The highest BCUT2D eigenvalue weighted by atomic mass is 16.5.